The molecule has 3 rings (SSSR count). The lowest BCUT2D eigenvalue weighted by molar-refractivity contribution is 0.0680. The van der Waals surface area contributed by atoms with Gasteiger partial charge in [-0.2, -0.15) is 5.10 Å². The molecule has 2 aliphatic rings. The van der Waals surface area contributed by atoms with E-state index in [0.717, 1.165) is 25.5 Å². The monoisotopic (exact) mass is 291 g/mol. The first-order valence-corrected chi connectivity index (χ1v) is 8.51. The predicted octanol–water partition coefficient (Wildman–Crippen LogP) is 2.36. The fourth-order valence-electron chi connectivity index (χ4n) is 4.01. The van der Waals surface area contributed by atoms with Crippen molar-refractivity contribution in [1.82, 2.24) is 25.0 Å². The number of hydrogen-bond donors (Lipinski definition) is 1. The van der Waals surface area contributed by atoms with Crippen molar-refractivity contribution in [2.45, 2.75) is 77.0 Å². The molecule has 1 unspecified atom stereocenters. The van der Waals surface area contributed by atoms with Gasteiger partial charge in [-0.05, 0) is 33.1 Å². The lowest BCUT2D eigenvalue weighted by Crippen LogP contribution is -2.62. The van der Waals surface area contributed by atoms with E-state index in [0.29, 0.717) is 17.6 Å². The summed E-state index contributed by atoms with van der Waals surface area (Å²) in [5.74, 6) is 1.11. The van der Waals surface area contributed by atoms with Gasteiger partial charge in [-0.15, -0.1) is 0 Å². The summed E-state index contributed by atoms with van der Waals surface area (Å²) in [4.78, 5) is 7.15. The summed E-state index contributed by atoms with van der Waals surface area (Å²) in [6.45, 7) is 9.85. The van der Waals surface area contributed by atoms with E-state index in [1.165, 1.54) is 32.1 Å². The van der Waals surface area contributed by atoms with Crippen LogP contribution in [0.5, 0.6) is 0 Å². The van der Waals surface area contributed by atoms with Crippen LogP contribution in [-0.2, 0) is 6.54 Å². The van der Waals surface area contributed by atoms with Crippen LogP contribution in [-0.4, -0.2) is 44.3 Å². The molecule has 5 heteroatoms. The fraction of sp³-hybridized carbons (Fsp3) is 0.875. The van der Waals surface area contributed by atoms with Crippen molar-refractivity contribution in [3.63, 3.8) is 0 Å². The Morgan fingerprint density at radius 2 is 2.14 bits per heavy atom. The quantitative estimate of drug-likeness (QED) is 0.925. The van der Waals surface area contributed by atoms with E-state index < -0.39 is 0 Å². The van der Waals surface area contributed by atoms with Crippen molar-refractivity contribution in [1.29, 1.82) is 0 Å². The molecule has 0 bridgehead atoms. The molecule has 5 nitrogen and oxygen atoms in total. The molecular formula is C16H29N5. The van der Waals surface area contributed by atoms with E-state index in [1.807, 2.05) is 0 Å². The zero-order valence-electron chi connectivity index (χ0n) is 13.7. The van der Waals surface area contributed by atoms with Crippen LogP contribution in [0.25, 0.3) is 0 Å². The Morgan fingerprint density at radius 1 is 1.38 bits per heavy atom. The number of hydrogen-bond acceptors (Lipinski definition) is 4. The first-order valence-electron chi connectivity index (χ1n) is 8.51. The zero-order valence-corrected chi connectivity index (χ0v) is 13.7. The lowest BCUT2D eigenvalue weighted by atomic mass is 9.91. The molecule has 1 aliphatic heterocycles. The maximum atomic E-state index is 4.51. The van der Waals surface area contributed by atoms with Gasteiger partial charge in [0.2, 0.25) is 0 Å². The van der Waals surface area contributed by atoms with E-state index in [1.54, 1.807) is 6.33 Å². The van der Waals surface area contributed by atoms with Crippen molar-refractivity contribution in [2.24, 2.45) is 0 Å². The molecule has 118 valence electrons. The Kier molecular flexibility index (Phi) is 4.31. The molecule has 1 N–H and O–H groups in total. The maximum absolute atomic E-state index is 4.51. The molecule has 1 aromatic rings. The Balaban J connectivity index is 1.75. The van der Waals surface area contributed by atoms with Crippen molar-refractivity contribution < 1.29 is 0 Å². The third kappa shape index (κ3) is 2.99. The summed E-state index contributed by atoms with van der Waals surface area (Å²) in [7, 11) is 0. The van der Waals surface area contributed by atoms with Crippen LogP contribution in [0.4, 0.5) is 0 Å². The van der Waals surface area contributed by atoms with Gasteiger partial charge >= 0.3 is 0 Å². The Morgan fingerprint density at radius 3 is 2.81 bits per heavy atom. The molecule has 1 saturated heterocycles. The van der Waals surface area contributed by atoms with Crippen LogP contribution in [0.3, 0.4) is 0 Å². The van der Waals surface area contributed by atoms with E-state index in [-0.39, 0.29) is 0 Å². The van der Waals surface area contributed by atoms with Crippen LogP contribution < -0.4 is 5.32 Å². The number of aromatic nitrogens is 3. The minimum absolute atomic E-state index is 0.369. The predicted molar refractivity (Wildman–Crippen MR) is 84.1 cm³/mol. The van der Waals surface area contributed by atoms with Gasteiger partial charge in [-0.1, -0.05) is 19.8 Å². The van der Waals surface area contributed by atoms with E-state index in [2.05, 4.69) is 45.8 Å². The van der Waals surface area contributed by atoms with Crippen LogP contribution >= 0.6 is 0 Å². The molecule has 0 aromatic carbocycles. The molecule has 1 aliphatic carbocycles. The summed E-state index contributed by atoms with van der Waals surface area (Å²) in [6, 6.07) is 1.000. The number of nitrogens with zero attached hydrogens (tertiary/aromatic N) is 4. The second-order valence-electron chi connectivity index (χ2n) is 7.05. The van der Waals surface area contributed by atoms with Gasteiger partial charge in [0.25, 0.3) is 0 Å². The van der Waals surface area contributed by atoms with Gasteiger partial charge in [-0.25, -0.2) is 9.67 Å². The summed E-state index contributed by atoms with van der Waals surface area (Å²) in [5, 5.41) is 8.24. The fourth-order valence-corrected chi connectivity index (χ4v) is 4.01. The normalized spacial score (nSPS) is 26.0. The summed E-state index contributed by atoms with van der Waals surface area (Å²) >= 11 is 0. The minimum atomic E-state index is 0.369. The summed E-state index contributed by atoms with van der Waals surface area (Å²) in [6.07, 6.45) is 8.30. The molecule has 1 spiro atoms. The molecule has 1 atom stereocenters. The molecule has 1 aromatic heterocycles. The highest BCUT2D eigenvalue weighted by molar-refractivity contribution is 5.02. The van der Waals surface area contributed by atoms with Crippen molar-refractivity contribution >= 4 is 0 Å². The van der Waals surface area contributed by atoms with Gasteiger partial charge in [0, 0.05) is 30.7 Å². The molecule has 21 heavy (non-hydrogen) atoms. The zero-order chi connectivity index (χ0) is 14.9. The minimum Gasteiger partial charge on any atom is -0.308 e. The second-order valence-corrected chi connectivity index (χ2v) is 7.05. The van der Waals surface area contributed by atoms with Crippen LogP contribution in [0.2, 0.25) is 0 Å². The van der Waals surface area contributed by atoms with Gasteiger partial charge in [0.1, 0.15) is 12.2 Å². The first-order chi connectivity index (χ1) is 10.1. The van der Waals surface area contributed by atoms with Gasteiger partial charge in [0.15, 0.2) is 0 Å². The van der Waals surface area contributed by atoms with Gasteiger partial charge < -0.3 is 5.32 Å². The molecular weight excluding hydrogens is 262 g/mol. The highest BCUT2D eigenvalue weighted by Crippen LogP contribution is 2.34. The van der Waals surface area contributed by atoms with E-state index >= 15 is 0 Å². The third-order valence-electron chi connectivity index (χ3n) is 5.25. The largest absolute Gasteiger partial charge is 0.308 e. The third-order valence-corrected chi connectivity index (χ3v) is 5.25. The SMILES string of the molecule is CCC1CNC2(CCCC2)CN1Cc1ncnn1C(C)C. The molecule has 0 amide bonds. The molecule has 2 fully saturated rings. The lowest BCUT2D eigenvalue weighted by Gasteiger charge is -2.46. The van der Waals surface area contributed by atoms with Crippen molar-refractivity contribution in [3.8, 4) is 0 Å². The standard InChI is InChI=1S/C16H29N5/c1-4-14-9-18-16(7-5-6-8-16)11-20(14)10-15-17-12-19-21(15)13(2)3/h12-14,18H,4-11H2,1-3H3. The van der Waals surface area contributed by atoms with Gasteiger partial charge in [0.05, 0.1) is 6.54 Å². The molecule has 1 saturated carbocycles. The first kappa shape index (κ1) is 15.0. The van der Waals surface area contributed by atoms with Crippen LogP contribution in [0.15, 0.2) is 6.33 Å². The molecule has 0 radical (unpaired) electrons. The van der Waals surface area contributed by atoms with Gasteiger partial charge in [-0.3, -0.25) is 4.90 Å². The van der Waals surface area contributed by atoms with Crippen LogP contribution in [0, 0.1) is 0 Å². The van der Waals surface area contributed by atoms with E-state index in [9.17, 15) is 0 Å². The maximum Gasteiger partial charge on any atom is 0.141 e. The highest BCUT2D eigenvalue weighted by Gasteiger charge is 2.40. The second kappa shape index (κ2) is 6.05. The number of rotatable bonds is 4. The summed E-state index contributed by atoms with van der Waals surface area (Å²) < 4.78 is 2.07. The van der Waals surface area contributed by atoms with Crippen molar-refractivity contribution in [2.75, 3.05) is 13.1 Å². The summed E-state index contributed by atoms with van der Waals surface area (Å²) in [5.41, 5.74) is 0.369. The Bertz CT molecular complexity index is 461. The average Bonchev–Trinajstić information content (AvgIpc) is 3.09. The van der Waals surface area contributed by atoms with Crippen molar-refractivity contribution in [3.05, 3.63) is 12.2 Å². The molecule has 2 heterocycles. The smallest absolute Gasteiger partial charge is 0.141 e. The number of nitrogens with one attached hydrogen (secondary N) is 1. The Labute approximate surface area is 128 Å². The Hall–Kier alpha value is -0.940. The van der Waals surface area contributed by atoms with Crippen LogP contribution in [0.1, 0.15) is 64.7 Å². The topological polar surface area (TPSA) is 46.0 Å². The number of piperazine rings is 1. The average molecular weight is 291 g/mol. The highest BCUT2D eigenvalue weighted by atomic mass is 15.4. The van der Waals surface area contributed by atoms with E-state index in [4.69, 9.17) is 0 Å².